The van der Waals surface area contributed by atoms with Gasteiger partial charge in [-0.1, -0.05) is 23.9 Å². The Morgan fingerprint density at radius 3 is 2.41 bits per heavy atom. The summed E-state index contributed by atoms with van der Waals surface area (Å²) in [5.41, 5.74) is 0.0504. The van der Waals surface area contributed by atoms with Crippen LogP contribution in [-0.4, -0.2) is 22.8 Å². The van der Waals surface area contributed by atoms with Crippen LogP contribution in [0.5, 0.6) is 11.5 Å². The molecule has 162 valence electrons. The monoisotopic (exact) mass is 460 g/mol. The highest BCUT2D eigenvalue weighted by Gasteiger charge is 2.39. The number of halogens is 4. The molecule has 0 aliphatic carbocycles. The molecule has 1 amide bonds. The topological polar surface area (TPSA) is 51.1 Å². The zero-order chi connectivity index (χ0) is 22.4. The summed E-state index contributed by atoms with van der Waals surface area (Å²) in [6.07, 6.45) is 0. The minimum atomic E-state index is -1.35. The van der Waals surface area contributed by atoms with E-state index in [1.54, 1.807) is 18.2 Å². The first kappa shape index (κ1) is 20.4. The van der Waals surface area contributed by atoms with Crippen molar-refractivity contribution >= 4 is 22.7 Å². The third kappa shape index (κ3) is 3.46. The molecule has 2 heterocycles. The Labute approximate surface area is 183 Å². The lowest BCUT2D eigenvalue weighted by Crippen LogP contribution is -2.28. The quantitative estimate of drug-likeness (QED) is 0.503. The van der Waals surface area contributed by atoms with Crippen LogP contribution in [0, 0.1) is 23.3 Å². The summed E-state index contributed by atoms with van der Waals surface area (Å²) in [4.78, 5) is 13.2. The number of hydrogen-bond donors (Lipinski definition) is 0. The van der Waals surface area contributed by atoms with Crippen LogP contribution in [0.1, 0.15) is 26.9 Å². The van der Waals surface area contributed by atoms with E-state index in [-0.39, 0.29) is 6.79 Å². The molecule has 32 heavy (non-hydrogen) atoms. The molecular weight excluding hydrogens is 448 g/mol. The second kappa shape index (κ2) is 7.86. The largest absolute Gasteiger partial charge is 0.454 e. The fraction of sp³-hybridized carbons (Fsp3) is 0.0909. The molecule has 0 spiro atoms. The number of amides is 1. The van der Waals surface area contributed by atoms with Crippen LogP contribution < -0.4 is 9.47 Å². The molecule has 2 aliphatic rings. The van der Waals surface area contributed by atoms with Gasteiger partial charge in [-0.3, -0.25) is 4.79 Å². The lowest BCUT2D eigenvalue weighted by Gasteiger charge is -2.22. The molecule has 0 radical (unpaired) electrons. The predicted molar refractivity (Wildman–Crippen MR) is 108 cm³/mol. The highest BCUT2D eigenvalue weighted by Crippen LogP contribution is 2.49. The molecule has 0 saturated heterocycles. The van der Waals surface area contributed by atoms with E-state index in [0.717, 1.165) is 16.8 Å². The summed E-state index contributed by atoms with van der Waals surface area (Å²) in [7, 11) is 0. The first-order valence-electron chi connectivity index (χ1n) is 9.30. The second-order valence-corrected chi connectivity index (χ2v) is 7.93. The second-order valence-electron chi connectivity index (χ2n) is 6.86. The molecule has 0 aromatic heterocycles. The minimum Gasteiger partial charge on any atom is -0.454 e. The summed E-state index contributed by atoms with van der Waals surface area (Å²) in [5.74, 6) is -4.58. The third-order valence-corrected chi connectivity index (χ3v) is 6.07. The molecule has 10 heteroatoms. The zero-order valence-corrected chi connectivity index (χ0v) is 16.8. The van der Waals surface area contributed by atoms with Gasteiger partial charge in [0.05, 0.1) is 0 Å². The van der Waals surface area contributed by atoms with Crippen molar-refractivity contribution in [2.75, 3.05) is 6.79 Å². The summed E-state index contributed by atoms with van der Waals surface area (Å²) in [6, 6.07) is 11.3. The van der Waals surface area contributed by atoms with Gasteiger partial charge < -0.3 is 9.47 Å². The van der Waals surface area contributed by atoms with Crippen molar-refractivity contribution < 1.29 is 31.8 Å². The van der Waals surface area contributed by atoms with Gasteiger partial charge in [0, 0.05) is 23.3 Å². The number of hydrazone groups is 1. The van der Waals surface area contributed by atoms with Gasteiger partial charge in [0.2, 0.25) is 6.79 Å². The highest BCUT2D eigenvalue weighted by atomic mass is 32.2. The molecule has 5 nitrogen and oxygen atoms in total. The SMILES string of the molecule is O=C(c1c(F)cc(F)cc1F)N1N=C(c2ccc(F)cc2)SC1c1cccc2c1OCO2. The van der Waals surface area contributed by atoms with Crippen LogP contribution >= 0.6 is 11.8 Å². The fourth-order valence-electron chi connectivity index (χ4n) is 3.40. The van der Waals surface area contributed by atoms with Crippen molar-refractivity contribution in [3.63, 3.8) is 0 Å². The Balaban J connectivity index is 1.61. The lowest BCUT2D eigenvalue weighted by atomic mass is 10.1. The summed E-state index contributed by atoms with van der Waals surface area (Å²) < 4.78 is 66.3. The van der Waals surface area contributed by atoms with E-state index in [1.807, 2.05) is 0 Å². The van der Waals surface area contributed by atoms with Crippen LogP contribution in [0.15, 0.2) is 59.7 Å². The van der Waals surface area contributed by atoms with Gasteiger partial charge >= 0.3 is 0 Å². The van der Waals surface area contributed by atoms with Gasteiger partial charge in [-0.15, -0.1) is 0 Å². The van der Waals surface area contributed by atoms with Crippen LogP contribution in [0.3, 0.4) is 0 Å². The van der Waals surface area contributed by atoms with Crippen LogP contribution in [0.25, 0.3) is 0 Å². The summed E-state index contributed by atoms with van der Waals surface area (Å²) >= 11 is 1.11. The van der Waals surface area contributed by atoms with Crippen molar-refractivity contribution in [2.45, 2.75) is 5.37 Å². The summed E-state index contributed by atoms with van der Waals surface area (Å²) in [6.45, 7) is -0.0232. The van der Waals surface area contributed by atoms with Gasteiger partial charge in [0.15, 0.2) is 11.5 Å². The maximum absolute atomic E-state index is 14.4. The maximum Gasteiger partial charge on any atom is 0.281 e. The number of nitrogens with zero attached hydrogens (tertiary/aromatic N) is 2. The molecule has 0 N–H and O–H groups in total. The van der Waals surface area contributed by atoms with Crippen LogP contribution in [0.2, 0.25) is 0 Å². The average molecular weight is 460 g/mol. The van der Waals surface area contributed by atoms with Gasteiger partial charge in [0.25, 0.3) is 5.91 Å². The number of carbonyl (C=O) groups excluding carboxylic acids is 1. The van der Waals surface area contributed by atoms with E-state index >= 15 is 0 Å². The third-order valence-electron chi connectivity index (χ3n) is 4.86. The highest BCUT2D eigenvalue weighted by molar-refractivity contribution is 8.14. The van der Waals surface area contributed by atoms with Crippen LogP contribution in [0.4, 0.5) is 17.6 Å². The van der Waals surface area contributed by atoms with Crippen LogP contribution in [-0.2, 0) is 0 Å². The van der Waals surface area contributed by atoms with E-state index in [2.05, 4.69) is 5.10 Å². The number of thioether (sulfide) groups is 1. The zero-order valence-electron chi connectivity index (χ0n) is 16.0. The van der Waals surface area contributed by atoms with Crippen molar-refractivity contribution in [1.82, 2.24) is 5.01 Å². The van der Waals surface area contributed by atoms with Crippen molar-refractivity contribution in [1.29, 1.82) is 0 Å². The number of carbonyl (C=O) groups is 1. The maximum atomic E-state index is 14.4. The van der Waals surface area contributed by atoms with Gasteiger partial charge in [-0.2, -0.15) is 5.10 Å². The smallest absolute Gasteiger partial charge is 0.281 e. The Kier molecular flexibility index (Phi) is 5.01. The molecule has 5 rings (SSSR count). The Morgan fingerprint density at radius 2 is 1.69 bits per heavy atom. The molecule has 1 unspecified atom stereocenters. The molecular formula is C22H12F4N2O3S. The van der Waals surface area contributed by atoms with E-state index < -0.39 is 40.1 Å². The summed E-state index contributed by atoms with van der Waals surface area (Å²) in [5, 5.41) is 4.62. The Hall–Kier alpha value is -3.53. The average Bonchev–Trinajstić information content (AvgIpc) is 3.40. The molecule has 3 aromatic carbocycles. The Morgan fingerprint density at radius 1 is 0.969 bits per heavy atom. The van der Waals surface area contributed by atoms with Crippen molar-refractivity contribution in [2.24, 2.45) is 5.10 Å². The molecule has 0 saturated carbocycles. The molecule has 2 aliphatic heterocycles. The first-order valence-corrected chi connectivity index (χ1v) is 10.2. The lowest BCUT2D eigenvalue weighted by molar-refractivity contribution is 0.0737. The number of hydrogen-bond acceptors (Lipinski definition) is 5. The molecule has 0 bridgehead atoms. The molecule has 3 aromatic rings. The van der Waals surface area contributed by atoms with E-state index in [9.17, 15) is 22.4 Å². The number of para-hydroxylation sites is 1. The van der Waals surface area contributed by atoms with Crippen molar-refractivity contribution in [3.8, 4) is 11.5 Å². The standard InChI is InChI=1S/C22H12F4N2O3S/c23-12-6-4-11(5-7-12)20-27-28(21(29)18-15(25)8-13(24)9-16(18)26)22(32-20)14-2-1-3-17-19(14)31-10-30-17/h1-9,22H,10H2. The van der Waals surface area contributed by atoms with Crippen molar-refractivity contribution in [3.05, 3.63) is 94.6 Å². The predicted octanol–water partition coefficient (Wildman–Crippen LogP) is 5.22. The molecule has 0 fully saturated rings. The normalized spacial score (nSPS) is 16.9. The van der Waals surface area contributed by atoms with Gasteiger partial charge in [-0.05, 0) is 30.3 Å². The van der Waals surface area contributed by atoms with Gasteiger partial charge in [-0.25, -0.2) is 22.6 Å². The number of rotatable bonds is 3. The molecule has 1 atom stereocenters. The van der Waals surface area contributed by atoms with E-state index in [0.29, 0.717) is 39.8 Å². The fourth-order valence-corrected chi connectivity index (χ4v) is 4.58. The number of benzene rings is 3. The number of ether oxygens (including phenoxy) is 2. The van der Waals surface area contributed by atoms with E-state index in [1.165, 1.54) is 24.3 Å². The van der Waals surface area contributed by atoms with Gasteiger partial charge in [0.1, 0.15) is 39.2 Å². The van der Waals surface area contributed by atoms with E-state index in [4.69, 9.17) is 9.47 Å². The Bertz CT molecular complexity index is 1240. The minimum absolute atomic E-state index is 0.0232. The first-order chi connectivity index (χ1) is 15.4. The number of fused-ring (bicyclic) bond motifs is 1.